The molecule has 1 aliphatic heterocycles. The number of aryl methyl sites for hydroxylation is 1. The fourth-order valence-electron chi connectivity index (χ4n) is 3.43. The number of benzene rings is 1. The highest BCUT2D eigenvalue weighted by molar-refractivity contribution is 5.94. The number of methoxy groups -OCH3 is 1. The quantitative estimate of drug-likeness (QED) is 0.784. The van der Waals surface area contributed by atoms with E-state index in [0.717, 1.165) is 37.5 Å². The predicted octanol–water partition coefficient (Wildman–Crippen LogP) is 2.95. The van der Waals surface area contributed by atoms with Crippen LogP contribution in [0, 0.1) is 0 Å². The molecule has 0 spiro atoms. The summed E-state index contributed by atoms with van der Waals surface area (Å²) >= 11 is 0. The standard InChI is InChI=1S/C20H27N3O2/c1-15-12-23(18-5-7-20(25-4)8-6-18)10-9-22(15)14-19-11-17(16(2)24)13-21(19)3/h5-8,11,13,15H,9-10,12,14H2,1-4H3/t15-/m0/s1. The second-order valence-electron chi connectivity index (χ2n) is 6.85. The van der Waals surface area contributed by atoms with Crippen LogP contribution in [0.15, 0.2) is 36.5 Å². The van der Waals surface area contributed by atoms with Gasteiger partial charge in [-0.3, -0.25) is 9.69 Å². The van der Waals surface area contributed by atoms with Gasteiger partial charge in [0.2, 0.25) is 0 Å². The van der Waals surface area contributed by atoms with Crippen LogP contribution in [0.1, 0.15) is 29.9 Å². The lowest BCUT2D eigenvalue weighted by molar-refractivity contribution is 0.101. The fourth-order valence-corrected chi connectivity index (χ4v) is 3.43. The molecule has 0 saturated carbocycles. The maximum Gasteiger partial charge on any atom is 0.161 e. The van der Waals surface area contributed by atoms with Gasteiger partial charge in [-0.1, -0.05) is 0 Å². The monoisotopic (exact) mass is 341 g/mol. The Morgan fingerprint density at radius 3 is 2.52 bits per heavy atom. The molecular formula is C20H27N3O2. The van der Waals surface area contributed by atoms with Crippen molar-refractivity contribution in [3.63, 3.8) is 0 Å². The predicted molar refractivity (Wildman–Crippen MR) is 100 cm³/mol. The van der Waals surface area contributed by atoms with Gasteiger partial charge >= 0.3 is 0 Å². The summed E-state index contributed by atoms with van der Waals surface area (Å²) in [4.78, 5) is 16.5. The number of Topliss-reactive ketones (excluding diaryl/α,β-unsaturated/α-hetero) is 1. The van der Waals surface area contributed by atoms with Crippen molar-refractivity contribution < 1.29 is 9.53 Å². The van der Waals surface area contributed by atoms with E-state index in [1.807, 2.05) is 31.4 Å². The van der Waals surface area contributed by atoms with Gasteiger partial charge in [-0.05, 0) is 44.2 Å². The van der Waals surface area contributed by atoms with Crippen molar-refractivity contribution in [3.8, 4) is 5.75 Å². The highest BCUT2D eigenvalue weighted by atomic mass is 16.5. The lowest BCUT2D eigenvalue weighted by atomic mass is 10.1. The van der Waals surface area contributed by atoms with Gasteiger partial charge in [0.25, 0.3) is 0 Å². The molecule has 134 valence electrons. The lowest BCUT2D eigenvalue weighted by Gasteiger charge is -2.41. The van der Waals surface area contributed by atoms with Crippen LogP contribution in [0.4, 0.5) is 5.69 Å². The first-order valence-electron chi connectivity index (χ1n) is 8.77. The van der Waals surface area contributed by atoms with E-state index in [-0.39, 0.29) is 5.78 Å². The van der Waals surface area contributed by atoms with Crippen molar-refractivity contribution in [2.45, 2.75) is 26.4 Å². The van der Waals surface area contributed by atoms with Crippen molar-refractivity contribution in [2.75, 3.05) is 31.6 Å². The van der Waals surface area contributed by atoms with Gasteiger partial charge in [-0.25, -0.2) is 0 Å². The Hall–Kier alpha value is -2.27. The number of carbonyl (C=O) groups is 1. The molecule has 0 amide bonds. The van der Waals surface area contributed by atoms with E-state index in [9.17, 15) is 4.79 Å². The van der Waals surface area contributed by atoms with E-state index in [1.165, 1.54) is 11.4 Å². The van der Waals surface area contributed by atoms with Crippen LogP contribution in [0.2, 0.25) is 0 Å². The summed E-state index contributed by atoms with van der Waals surface area (Å²) in [5, 5.41) is 0. The molecule has 0 bridgehead atoms. The van der Waals surface area contributed by atoms with Gasteiger partial charge in [0.15, 0.2) is 5.78 Å². The molecule has 2 aromatic rings. The zero-order valence-electron chi connectivity index (χ0n) is 15.5. The van der Waals surface area contributed by atoms with E-state index in [1.54, 1.807) is 14.0 Å². The third-order valence-corrected chi connectivity index (χ3v) is 5.08. The number of ketones is 1. The fraction of sp³-hybridized carbons (Fsp3) is 0.450. The van der Waals surface area contributed by atoms with Crippen molar-refractivity contribution in [3.05, 3.63) is 47.8 Å². The third-order valence-electron chi connectivity index (χ3n) is 5.08. The third kappa shape index (κ3) is 3.87. The summed E-state index contributed by atoms with van der Waals surface area (Å²) in [5.41, 5.74) is 3.22. The SMILES string of the molecule is COc1ccc(N2CCN(Cc3cc(C(C)=O)cn3C)[C@@H](C)C2)cc1. The van der Waals surface area contributed by atoms with E-state index in [4.69, 9.17) is 4.74 Å². The minimum absolute atomic E-state index is 0.124. The van der Waals surface area contributed by atoms with Crippen molar-refractivity contribution >= 4 is 11.5 Å². The maximum absolute atomic E-state index is 11.6. The Bertz CT molecular complexity index is 736. The second kappa shape index (κ2) is 7.31. The summed E-state index contributed by atoms with van der Waals surface area (Å²) in [6.45, 7) is 7.77. The normalized spacial score (nSPS) is 18.4. The zero-order valence-corrected chi connectivity index (χ0v) is 15.5. The first kappa shape index (κ1) is 17.5. The molecule has 1 atom stereocenters. The molecule has 1 aliphatic rings. The Labute approximate surface area is 149 Å². The number of piperazine rings is 1. The van der Waals surface area contributed by atoms with Gasteiger partial charge in [0.1, 0.15) is 5.75 Å². The minimum atomic E-state index is 0.124. The molecule has 1 aromatic heterocycles. The number of carbonyl (C=O) groups excluding carboxylic acids is 1. The summed E-state index contributed by atoms with van der Waals surface area (Å²) < 4.78 is 7.31. The van der Waals surface area contributed by atoms with Crippen LogP contribution in [-0.2, 0) is 13.6 Å². The van der Waals surface area contributed by atoms with Crippen molar-refractivity contribution in [1.29, 1.82) is 0 Å². The smallest absolute Gasteiger partial charge is 0.161 e. The van der Waals surface area contributed by atoms with Gasteiger partial charge in [-0.15, -0.1) is 0 Å². The topological polar surface area (TPSA) is 37.7 Å². The van der Waals surface area contributed by atoms with Crippen molar-refractivity contribution in [2.24, 2.45) is 7.05 Å². The molecule has 0 N–H and O–H groups in total. The van der Waals surface area contributed by atoms with Crippen LogP contribution in [0.25, 0.3) is 0 Å². The molecule has 25 heavy (non-hydrogen) atoms. The molecule has 2 heterocycles. The number of hydrogen-bond acceptors (Lipinski definition) is 4. The van der Waals surface area contributed by atoms with Crippen LogP contribution < -0.4 is 9.64 Å². The number of aromatic nitrogens is 1. The Morgan fingerprint density at radius 1 is 1.24 bits per heavy atom. The summed E-state index contributed by atoms with van der Waals surface area (Å²) in [6, 6.07) is 10.7. The Balaban J connectivity index is 1.64. The maximum atomic E-state index is 11.6. The number of nitrogens with zero attached hydrogens (tertiary/aromatic N) is 3. The van der Waals surface area contributed by atoms with E-state index < -0.39 is 0 Å². The average molecular weight is 341 g/mol. The number of anilines is 1. The zero-order chi connectivity index (χ0) is 18.0. The minimum Gasteiger partial charge on any atom is -0.497 e. The first-order chi connectivity index (χ1) is 12.0. The lowest BCUT2D eigenvalue weighted by Crippen LogP contribution is -2.51. The molecule has 1 fully saturated rings. The van der Waals surface area contributed by atoms with Crippen LogP contribution in [0.5, 0.6) is 5.75 Å². The van der Waals surface area contributed by atoms with Crippen LogP contribution >= 0.6 is 0 Å². The van der Waals surface area contributed by atoms with Gasteiger partial charge in [-0.2, -0.15) is 0 Å². The number of rotatable bonds is 5. The van der Waals surface area contributed by atoms with E-state index in [0.29, 0.717) is 6.04 Å². The highest BCUT2D eigenvalue weighted by Gasteiger charge is 2.24. The number of ether oxygens (including phenoxy) is 1. The summed E-state index contributed by atoms with van der Waals surface area (Å²) in [7, 11) is 3.71. The van der Waals surface area contributed by atoms with E-state index >= 15 is 0 Å². The molecule has 5 heteroatoms. The van der Waals surface area contributed by atoms with Crippen LogP contribution in [0.3, 0.4) is 0 Å². The molecule has 5 nitrogen and oxygen atoms in total. The van der Waals surface area contributed by atoms with Gasteiger partial charge < -0.3 is 14.2 Å². The molecule has 1 saturated heterocycles. The summed E-state index contributed by atoms with van der Waals surface area (Å²) in [6.07, 6.45) is 1.93. The largest absolute Gasteiger partial charge is 0.497 e. The average Bonchev–Trinajstić information content (AvgIpc) is 2.98. The highest BCUT2D eigenvalue weighted by Crippen LogP contribution is 2.23. The molecule has 0 radical (unpaired) electrons. The molecule has 3 rings (SSSR count). The van der Waals surface area contributed by atoms with Crippen LogP contribution in [-0.4, -0.2) is 48.0 Å². The van der Waals surface area contributed by atoms with Gasteiger partial charge in [0, 0.05) is 62.4 Å². The van der Waals surface area contributed by atoms with Crippen molar-refractivity contribution in [1.82, 2.24) is 9.47 Å². The van der Waals surface area contributed by atoms with Gasteiger partial charge in [0.05, 0.1) is 7.11 Å². The Kier molecular flexibility index (Phi) is 5.13. The van der Waals surface area contributed by atoms with E-state index in [2.05, 4.69) is 33.4 Å². The molecule has 1 aromatic carbocycles. The molecular weight excluding hydrogens is 314 g/mol. The first-order valence-corrected chi connectivity index (χ1v) is 8.77. The Morgan fingerprint density at radius 2 is 1.96 bits per heavy atom. The number of hydrogen-bond donors (Lipinski definition) is 0. The molecule has 0 aliphatic carbocycles. The molecule has 0 unspecified atom stereocenters. The second-order valence-corrected chi connectivity index (χ2v) is 6.85. The summed E-state index contributed by atoms with van der Waals surface area (Å²) in [5.74, 6) is 1.01.